The molecular weight excluding hydrogens is 164 g/mol. The fourth-order valence-electron chi connectivity index (χ4n) is 1.28. The highest BCUT2D eigenvalue weighted by molar-refractivity contribution is 5.94. The van der Waals surface area contributed by atoms with Crippen molar-refractivity contribution in [1.82, 2.24) is 5.43 Å². The lowest BCUT2D eigenvalue weighted by Crippen LogP contribution is -2.26. The molecule has 0 spiro atoms. The van der Waals surface area contributed by atoms with E-state index in [4.69, 9.17) is 4.74 Å². The normalized spacial score (nSPS) is 15.6. The highest BCUT2D eigenvalue weighted by Gasteiger charge is 2.07. The first-order chi connectivity index (χ1) is 6.36. The van der Waals surface area contributed by atoms with Crippen LogP contribution in [-0.4, -0.2) is 19.0 Å². The van der Waals surface area contributed by atoms with Crippen molar-refractivity contribution in [3.8, 4) is 0 Å². The van der Waals surface area contributed by atoms with Crippen LogP contribution in [0.3, 0.4) is 0 Å². The molecule has 3 heteroatoms. The third-order valence-electron chi connectivity index (χ3n) is 1.90. The van der Waals surface area contributed by atoms with Gasteiger partial charge in [0, 0.05) is 5.56 Å². The van der Waals surface area contributed by atoms with Gasteiger partial charge >= 0.3 is 0 Å². The van der Waals surface area contributed by atoms with E-state index in [1.54, 1.807) is 0 Å². The predicted octanol–water partition coefficient (Wildman–Crippen LogP) is 1.28. The Balaban J connectivity index is 2.29. The Morgan fingerprint density at radius 3 is 3.08 bits per heavy atom. The molecule has 0 saturated carbocycles. The van der Waals surface area contributed by atoms with Crippen molar-refractivity contribution >= 4 is 5.90 Å². The quantitative estimate of drug-likeness (QED) is 0.699. The molecule has 0 amide bonds. The molecule has 1 aliphatic rings. The zero-order valence-corrected chi connectivity index (χ0v) is 7.58. The Labute approximate surface area is 77.4 Å². The minimum absolute atomic E-state index is 0.687. The molecule has 1 heterocycles. The lowest BCUT2D eigenvalue weighted by molar-refractivity contribution is 0.279. The Bertz CT molecular complexity index is 333. The van der Waals surface area contributed by atoms with Crippen LogP contribution in [0.15, 0.2) is 29.4 Å². The molecular formula is C10H12N2O. The Kier molecular flexibility index (Phi) is 2.17. The number of nitrogens with one attached hydrogen (secondary N) is 1. The third-order valence-corrected chi connectivity index (χ3v) is 1.90. The van der Waals surface area contributed by atoms with E-state index < -0.39 is 0 Å². The number of hydrogen-bond donors (Lipinski definition) is 1. The molecule has 0 aromatic heterocycles. The van der Waals surface area contributed by atoms with Gasteiger partial charge < -0.3 is 10.2 Å². The van der Waals surface area contributed by atoms with Crippen LogP contribution in [-0.2, 0) is 4.74 Å². The maximum atomic E-state index is 5.41. The molecule has 0 radical (unpaired) electrons. The molecule has 0 unspecified atom stereocenters. The lowest BCUT2D eigenvalue weighted by atomic mass is 10.1. The fourth-order valence-corrected chi connectivity index (χ4v) is 1.28. The van der Waals surface area contributed by atoms with Crippen molar-refractivity contribution < 1.29 is 4.74 Å². The number of hydrogen-bond acceptors (Lipinski definition) is 3. The van der Waals surface area contributed by atoms with Gasteiger partial charge in [0.1, 0.15) is 6.61 Å². The summed E-state index contributed by atoms with van der Waals surface area (Å²) in [4.78, 5) is 0. The number of ether oxygens (including phenoxy) is 1. The molecule has 0 fully saturated rings. The van der Waals surface area contributed by atoms with Gasteiger partial charge in [-0.25, -0.2) is 0 Å². The molecule has 0 saturated heterocycles. The number of hydrazone groups is 1. The van der Waals surface area contributed by atoms with Crippen LogP contribution in [0.2, 0.25) is 0 Å². The number of benzene rings is 1. The number of nitrogens with zero attached hydrogens (tertiary/aromatic N) is 1. The molecule has 0 aliphatic carbocycles. The van der Waals surface area contributed by atoms with E-state index in [1.165, 1.54) is 5.56 Å². The van der Waals surface area contributed by atoms with E-state index in [0.29, 0.717) is 12.5 Å². The maximum Gasteiger partial charge on any atom is 0.237 e. The van der Waals surface area contributed by atoms with Crippen molar-refractivity contribution in [1.29, 1.82) is 0 Å². The van der Waals surface area contributed by atoms with Crippen LogP contribution in [0.4, 0.5) is 0 Å². The van der Waals surface area contributed by atoms with Gasteiger partial charge in [-0.2, -0.15) is 0 Å². The summed E-state index contributed by atoms with van der Waals surface area (Å²) in [7, 11) is 0. The summed E-state index contributed by atoms with van der Waals surface area (Å²) in [6.07, 6.45) is 0. The SMILES string of the molecule is Cc1cccc(C2=NNCCO2)c1. The van der Waals surface area contributed by atoms with Crippen molar-refractivity contribution in [2.24, 2.45) is 5.10 Å². The van der Waals surface area contributed by atoms with Gasteiger partial charge in [0.15, 0.2) is 0 Å². The Morgan fingerprint density at radius 1 is 1.46 bits per heavy atom. The van der Waals surface area contributed by atoms with E-state index in [9.17, 15) is 0 Å². The molecule has 1 aliphatic heterocycles. The van der Waals surface area contributed by atoms with Crippen LogP contribution in [0.1, 0.15) is 11.1 Å². The molecule has 2 rings (SSSR count). The summed E-state index contributed by atoms with van der Waals surface area (Å²) in [5.74, 6) is 0.690. The van der Waals surface area contributed by atoms with E-state index in [1.807, 2.05) is 12.1 Å². The largest absolute Gasteiger partial charge is 0.474 e. The zero-order chi connectivity index (χ0) is 9.10. The summed E-state index contributed by atoms with van der Waals surface area (Å²) in [5, 5.41) is 4.09. The second-order valence-electron chi connectivity index (χ2n) is 3.04. The van der Waals surface area contributed by atoms with E-state index >= 15 is 0 Å². The van der Waals surface area contributed by atoms with Gasteiger partial charge in [0.2, 0.25) is 5.90 Å². The van der Waals surface area contributed by atoms with Crippen molar-refractivity contribution in [3.63, 3.8) is 0 Å². The Morgan fingerprint density at radius 2 is 2.38 bits per heavy atom. The molecule has 13 heavy (non-hydrogen) atoms. The van der Waals surface area contributed by atoms with Crippen molar-refractivity contribution in [2.75, 3.05) is 13.2 Å². The highest BCUT2D eigenvalue weighted by Crippen LogP contribution is 2.07. The van der Waals surface area contributed by atoms with E-state index in [0.717, 1.165) is 12.1 Å². The van der Waals surface area contributed by atoms with Crippen LogP contribution < -0.4 is 5.43 Å². The lowest BCUT2D eigenvalue weighted by Gasteiger charge is -2.14. The van der Waals surface area contributed by atoms with E-state index in [-0.39, 0.29) is 0 Å². The van der Waals surface area contributed by atoms with Crippen molar-refractivity contribution in [2.45, 2.75) is 6.92 Å². The van der Waals surface area contributed by atoms with Crippen LogP contribution >= 0.6 is 0 Å². The van der Waals surface area contributed by atoms with Gasteiger partial charge in [0.05, 0.1) is 6.54 Å². The van der Waals surface area contributed by atoms with Gasteiger partial charge in [-0.3, -0.25) is 0 Å². The summed E-state index contributed by atoms with van der Waals surface area (Å²) in [6, 6.07) is 8.12. The monoisotopic (exact) mass is 176 g/mol. The second kappa shape index (κ2) is 3.47. The number of rotatable bonds is 1. The van der Waals surface area contributed by atoms with E-state index in [2.05, 4.69) is 29.6 Å². The summed E-state index contributed by atoms with van der Waals surface area (Å²) >= 11 is 0. The molecule has 68 valence electrons. The topological polar surface area (TPSA) is 33.6 Å². The molecule has 1 N–H and O–H groups in total. The summed E-state index contributed by atoms with van der Waals surface area (Å²) in [6.45, 7) is 3.53. The molecule has 1 aromatic carbocycles. The molecule has 0 atom stereocenters. The van der Waals surface area contributed by atoms with Crippen LogP contribution in [0.25, 0.3) is 0 Å². The summed E-state index contributed by atoms with van der Waals surface area (Å²) in [5.41, 5.74) is 5.17. The first-order valence-corrected chi connectivity index (χ1v) is 4.36. The number of aryl methyl sites for hydroxylation is 1. The first kappa shape index (κ1) is 8.10. The van der Waals surface area contributed by atoms with Gasteiger partial charge in [-0.1, -0.05) is 17.7 Å². The zero-order valence-electron chi connectivity index (χ0n) is 7.58. The second-order valence-corrected chi connectivity index (χ2v) is 3.04. The molecule has 3 nitrogen and oxygen atoms in total. The average Bonchev–Trinajstić information content (AvgIpc) is 2.19. The van der Waals surface area contributed by atoms with Crippen molar-refractivity contribution in [3.05, 3.63) is 35.4 Å². The minimum atomic E-state index is 0.687. The first-order valence-electron chi connectivity index (χ1n) is 4.36. The fraction of sp³-hybridized carbons (Fsp3) is 0.300. The van der Waals surface area contributed by atoms with Gasteiger partial charge in [0.25, 0.3) is 0 Å². The smallest absolute Gasteiger partial charge is 0.237 e. The predicted molar refractivity (Wildman–Crippen MR) is 51.7 cm³/mol. The van der Waals surface area contributed by atoms with Crippen LogP contribution in [0.5, 0.6) is 0 Å². The maximum absolute atomic E-state index is 5.41. The van der Waals surface area contributed by atoms with Gasteiger partial charge in [-0.15, -0.1) is 5.10 Å². The summed E-state index contributed by atoms with van der Waals surface area (Å²) < 4.78 is 5.41. The average molecular weight is 176 g/mol. The Hall–Kier alpha value is -1.51. The standard InChI is InChI=1S/C10H12N2O/c1-8-3-2-4-9(7-8)10-12-11-5-6-13-10/h2-4,7,11H,5-6H2,1H3. The van der Waals surface area contributed by atoms with Crippen LogP contribution in [0, 0.1) is 6.92 Å². The highest BCUT2D eigenvalue weighted by atomic mass is 16.5. The van der Waals surface area contributed by atoms with Gasteiger partial charge in [-0.05, 0) is 19.1 Å². The minimum Gasteiger partial charge on any atom is -0.474 e. The molecule has 0 bridgehead atoms. The third kappa shape index (κ3) is 1.80. The molecule has 1 aromatic rings.